The molecule has 0 amide bonds. The number of hydrogen-bond acceptors (Lipinski definition) is 4. The number of ether oxygens (including phenoxy) is 4. The van der Waals surface area contributed by atoms with Gasteiger partial charge >= 0.3 is 24.7 Å². The molecule has 0 unspecified atom stereocenters. The molecule has 0 saturated heterocycles. The predicted octanol–water partition coefficient (Wildman–Crippen LogP) is 23.3. The van der Waals surface area contributed by atoms with Crippen molar-refractivity contribution in [1.29, 1.82) is 0 Å². The van der Waals surface area contributed by atoms with Crippen molar-refractivity contribution in [2.45, 2.75) is 24.7 Å². The second-order valence-electron chi connectivity index (χ2n) is 20.2. The van der Waals surface area contributed by atoms with Gasteiger partial charge in [-0.15, -0.1) is 0 Å². The van der Waals surface area contributed by atoms with Crippen molar-refractivity contribution >= 4 is 32.3 Å². The van der Waals surface area contributed by atoms with E-state index in [9.17, 15) is 52.7 Å². The van der Waals surface area contributed by atoms with Crippen LogP contribution in [-0.2, 0) is 24.7 Å². The van der Waals surface area contributed by atoms with E-state index in [0.29, 0.717) is 76.8 Å². The zero-order valence-electron chi connectivity index (χ0n) is 44.9. The van der Waals surface area contributed by atoms with E-state index < -0.39 is 58.6 Å². The third-order valence-electron chi connectivity index (χ3n) is 14.5. The van der Waals surface area contributed by atoms with Gasteiger partial charge in [0.05, 0.1) is 22.3 Å². The Labute approximate surface area is 490 Å². The molecule has 0 aliphatic carbocycles. The minimum atomic E-state index is -4.65. The highest BCUT2D eigenvalue weighted by Gasteiger charge is 2.34. The molecule has 12 aromatic rings. The second kappa shape index (κ2) is 22.5. The lowest BCUT2D eigenvalue weighted by atomic mass is 9.77. The van der Waals surface area contributed by atoms with Crippen molar-refractivity contribution in [3.05, 3.63) is 264 Å². The summed E-state index contributed by atoms with van der Waals surface area (Å²) < 4.78 is 219. The van der Waals surface area contributed by atoms with E-state index in [1.54, 1.807) is 109 Å². The topological polar surface area (TPSA) is 36.9 Å². The maximum atomic E-state index is 15.3. The number of alkyl halides is 12. The van der Waals surface area contributed by atoms with Gasteiger partial charge < -0.3 is 18.9 Å². The van der Waals surface area contributed by atoms with Crippen LogP contribution in [0, 0.1) is 11.6 Å². The minimum absolute atomic E-state index is 0.0403. The van der Waals surface area contributed by atoms with E-state index in [1.807, 2.05) is 0 Å². The van der Waals surface area contributed by atoms with E-state index in [2.05, 4.69) is 0 Å². The fourth-order valence-electron chi connectivity index (χ4n) is 10.5. The van der Waals surface area contributed by atoms with Crippen LogP contribution in [0.2, 0.25) is 0 Å². The lowest BCUT2D eigenvalue weighted by molar-refractivity contribution is -0.138. The average Bonchev–Trinajstić information content (AvgIpc) is 0.704. The smallest absolute Gasteiger partial charge is 0.416 e. The fraction of sp³-hybridized carbons (Fsp3) is 0.0571. The molecule has 0 heterocycles. The monoisotopic (exact) mass is 1210 g/mol. The number of fused-ring (bicyclic) bond motifs is 3. The normalized spacial score (nSPS) is 12.2. The van der Waals surface area contributed by atoms with Gasteiger partial charge in [-0.2, -0.15) is 52.7 Å². The van der Waals surface area contributed by atoms with Crippen LogP contribution < -0.4 is 18.9 Å². The van der Waals surface area contributed by atoms with E-state index in [0.717, 1.165) is 72.8 Å². The highest BCUT2D eigenvalue weighted by Crippen LogP contribution is 2.55. The molecule has 12 rings (SSSR count). The maximum Gasteiger partial charge on any atom is 0.416 e. The summed E-state index contributed by atoms with van der Waals surface area (Å²) in [6, 6.07) is 50.6. The van der Waals surface area contributed by atoms with E-state index in [4.69, 9.17) is 18.9 Å². The Balaban J connectivity index is 1.18. The quantitative estimate of drug-likeness (QED) is 0.0902. The summed E-state index contributed by atoms with van der Waals surface area (Å²) in [6.07, 6.45) is -18.5. The number of benzene rings is 12. The lowest BCUT2D eigenvalue weighted by Gasteiger charge is -2.26. The standard InChI is InChI=1S/C70H38F14O4/c71-47-17-1-39(2-18-47)63-59-37-55(87-53-29-13-45(14-30-53)69(79,80)81)33-35-57(59)62(42-7-23-50(24-8-42)86-52-27-11-44(12-28-52)68(76,77)78)66-64(40-3-19-48(72)20-4-40)60-38-56(88-54-31-15-46(16-32-54)70(82,83)84)34-36-58(60)61(65(63)66)41-5-21-49(22-6-41)85-51-25-9-43(10-26-51)67(73,74)75/h1-38H. The van der Waals surface area contributed by atoms with Gasteiger partial charge in [-0.3, -0.25) is 0 Å². The molecule has 440 valence electrons. The molecule has 18 heteroatoms. The van der Waals surface area contributed by atoms with Crippen LogP contribution in [0.1, 0.15) is 22.3 Å². The van der Waals surface area contributed by atoms with Crippen molar-refractivity contribution in [2.24, 2.45) is 0 Å². The summed E-state index contributed by atoms with van der Waals surface area (Å²) in [4.78, 5) is 0. The summed E-state index contributed by atoms with van der Waals surface area (Å²) in [6.45, 7) is 0. The Hall–Kier alpha value is -10.4. The van der Waals surface area contributed by atoms with Crippen LogP contribution in [0.4, 0.5) is 61.5 Å². The molecule has 0 N–H and O–H groups in total. The number of rotatable bonds is 12. The van der Waals surface area contributed by atoms with Crippen LogP contribution in [0.5, 0.6) is 46.0 Å². The van der Waals surface area contributed by atoms with Gasteiger partial charge in [0.25, 0.3) is 0 Å². The molecule has 0 aliphatic rings. The Morgan fingerprint density at radius 2 is 0.398 bits per heavy atom. The fourth-order valence-corrected chi connectivity index (χ4v) is 10.5. The Bertz CT molecular complexity index is 4250. The molecule has 0 fully saturated rings. The van der Waals surface area contributed by atoms with E-state index in [-0.39, 0.29) is 46.0 Å². The molecule has 88 heavy (non-hydrogen) atoms. The van der Waals surface area contributed by atoms with Crippen molar-refractivity contribution in [2.75, 3.05) is 0 Å². The Morgan fingerprint density at radius 3 is 0.636 bits per heavy atom. The van der Waals surface area contributed by atoms with Gasteiger partial charge in [0.1, 0.15) is 57.6 Å². The molecule has 12 aromatic carbocycles. The third kappa shape index (κ3) is 12.0. The molecule has 0 aliphatic heterocycles. The van der Waals surface area contributed by atoms with Crippen LogP contribution >= 0.6 is 0 Å². The largest absolute Gasteiger partial charge is 0.457 e. The molecule has 0 saturated carbocycles. The lowest BCUT2D eigenvalue weighted by Crippen LogP contribution is -2.04. The average molecular weight is 1210 g/mol. The van der Waals surface area contributed by atoms with Crippen molar-refractivity contribution < 1.29 is 80.4 Å². The first-order valence-corrected chi connectivity index (χ1v) is 26.6. The SMILES string of the molecule is Fc1ccc(-c2c3cc(Oc4ccc(C(F)(F)F)cc4)ccc3c(-c3ccc(Oc4ccc(C(F)(F)F)cc4)cc3)c3c(-c4ccc(F)cc4)c4cc(Oc5ccc(C(F)(F)F)cc5)ccc4c(-c4ccc(Oc5ccc(C(F)(F)F)cc5)cc4)c23)cc1. The summed E-state index contributed by atoms with van der Waals surface area (Å²) in [5, 5.41) is 2.80. The van der Waals surface area contributed by atoms with E-state index in [1.165, 1.54) is 48.5 Å². The molecule has 0 spiro atoms. The highest BCUT2D eigenvalue weighted by molar-refractivity contribution is 6.34. The van der Waals surface area contributed by atoms with Gasteiger partial charge in [-0.1, -0.05) is 60.7 Å². The summed E-state index contributed by atoms with van der Waals surface area (Å²) >= 11 is 0. The van der Waals surface area contributed by atoms with Crippen molar-refractivity contribution in [3.63, 3.8) is 0 Å². The molecule has 0 bridgehead atoms. The van der Waals surface area contributed by atoms with Crippen LogP contribution in [-0.4, -0.2) is 0 Å². The van der Waals surface area contributed by atoms with Gasteiger partial charge in [-0.25, -0.2) is 8.78 Å². The van der Waals surface area contributed by atoms with E-state index >= 15 is 8.78 Å². The van der Waals surface area contributed by atoms with Crippen LogP contribution in [0.15, 0.2) is 231 Å². The summed E-state index contributed by atoms with van der Waals surface area (Å²) in [5.41, 5.74) is 0.0883. The van der Waals surface area contributed by atoms with Crippen LogP contribution in [0.25, 0.3) is 76.8 Å². The molecule has 0 aromatic heterocycles. The molecule has 4 nitrogen and oxygen atoms in total. The Kier molecular flexibility index (Phi) is 14.8. The predicted molar refractivity (Wildman–Crippen MR) is 307 cm³/mol. The maximum absolute atomic E-state index is 15.3. The van der Waals surface area contributed by atoms with Gasteiger partial charge in [0.15, 0.2) is 0 Å². The second-order valence-corrected chi connectivity index (χ2v) is 20.2. The van der Waals surface area contributed by atoms with Gasteiger partial charge in [0, 0.05) is 0 Å². The first kappa shape index (κ1) is 58.0. The molecule has 0 atom stereocenters. The van der Waals surface area contributed by atoms with Gasteiger partial charge in [-0.05, 0) is 247 Å². The first-order chi connectivity index (χ1) is 41.9. The van der Waals surface area contributed by atoms with Crippen molar-refractivity contribution in [3.8, 4) is 90.5 Å². The van der Waals surface area contributed by atoms with Gasteiger partial charge in [0.2, 0.25) is 0 Å². The Morgan fingerprint density at radius 1 is 0.205 bits per heavy atom. The molecular formula is C70H38F14O4. The zero-order valence-corrected chi connectivity index (χ0v) is 44.9. The third-order valence-corrected chi connectivity index (χ3v) is 14.5. The van der Waals surface area contributed by atoms with Crippen molar-refractivity contribution in [1.82, 2.24) is 0 Å². The highest BCUT2D eigenvalue weighted by atomic mass is 19.4. The molecule has 0 radical (unpaired) electrons. The zero-order chi connectivity index (χ0) is 61.9. The number of halogens is 14. The minimum Gasteiger partial charge on any atom is -0.457 e. The summed E-state index contributed by atoms with van der Waals surface area (Å²) in [7, 11) is 0. The van der Waals surface area contributed by atoms with Crippen LogP contribution in [0.3, 0.4) is 0 Å². The molecular weight excluding hydrogens is 1170 g/mol. The summed E-state index contributed by atoms with van der Waals surface area (Å²) in [5.74, 6) is -0.226. The first-order valence-electron chi connectivity index (χ1n) is 26.6. The number of hydrogen-bond donors (Lipinski definition) is 0.